The molecule has 0 radical (unpaired) electrons. The molecule has 2 amide bonds. The molecule has 4 atom stereocenters. The summed E-state index contributed by atoms with van der Waals surface area (Å²) in [5.74, 6) is 0.186. The maximum atomic E-state index is 12.7. The predicted molar refractivity (Wildman–Crippen MR) is 76.1 cm³/mol. The molecule has 5 nitrogen and oxygen atoms in total. The molecule has 0 aliphatic carbocycles. The second kappa shape index (κ2) is 6.12. The molecule has 2 fully saturated rings. The van der Waals surface area contributed by atoms with Crippen LogP contribution >= 0.6 is 0 Å². The molecule has 0 saturated carbocycles. The maximum absolute atomic E-state index is 12.7. The van der Waals surface area contributed by atoms with E-state index >= 15 is 0 Å². The second-order valence-electron chi connectivity index (χ2n) is 6.26. The van der Waals surface area contributed by atoms with Crippen LogP contribution in [0.15, 0.2) is 0 Å². The van der Waals surface area contributed by atoms with E-state index in [-0.39, 0.29) is 42.0 Å². The van der Waals surface area contributed by atoms with Crippen LogP contribution in [0.3, 0.4) is 0 Å². The fraction of sp³-hybridized carbons (Fsp3) is 0.867. The Balaban J connectivity index is 2.26. The number of carbonyl (C=O) groups excluding carboxylic acids is 2. The average molecular weight is 282 g/mol. The quantitative estimate of drug-likeness (QED) is 0.849. The highest BCUT2D eigenvalue weighted by molar-refractivity contribution is 5.97. The summed E-state index contributed by atoms with van der Waals surface area (Å²) < 4.78 is 5.57. The van der Waals surface area contributed by atoms with Crippen molar-refractivity contribution in [3.63, 3.8) is 0 Å². The van der Waals surface area contributed by atoms with Gasteiger partial charge in [0.1, 0.15) is 12.1 Å². The third-order valence-electron chi connectivity index (χ3n) is 4.33. The fourth-order valence-electron chi connectivity index (χ4n) is 3.30. The van der Waals surface area contributed by atoms with Crippen LogP contribution in [-0.2, 0) is 14.3 Å². The molecule has 0 bridgehead atoms. The van der Waals surface area contributed by atoms with Crippen molar-refractivity contribution in [3.8, 4) is 0 Å². The van der Waals surface area contributed by atoms with Gasteiger partial charge in [-0.05, 0) is 32.1 Å². The molecule has 1 N–H and O–H groups in total. The lowest BCUT2D eigenvalue weighted by atomic mass is 9.91. The van der Waals surface area contributed by atoms with Crippen molar-refractivity contribution >= 4 is 11.8 Å². The summed E-state index contributed by atoms with van der Waals surface area (Å²) in [7, 11) is 0. The highest BCUT2D eigenvalue weighted by Gasteiger charge is 2.45. The lowest BCUT2D eigenvalue weighted by Crippen LogP contribution is -2.67. The van der Waals surface area contributed by atoms with Crippen LogP contribution in [0.4, 0.5) is 0 Å². The largest absolute Gasteiger partial charge is 0.378 e. The van der Waals surface area contributed by atoms with Gasteiger partial charge in [0.2, 0.25) is 11.8 Å². The SMILES string of the molecule is CCC1NC(=O)C(C(C)C)N(C2CCOC(C)C2)C1=O. The normalized spacial score (nSPS) is 35.4. The molecule has 2 aliphatic rings. The number of hydrogen-bond donors (Lipinski definition) is 1. The lowest BCUT2D eigenvalue weighted by Gasteiger charge is -2.46. The first kappa shape index (κ1) is 15.3. The average Bonchev–Trinajstić information content (AvgIpc) is 2.40. The number of amides is 2. The summed E-state index contributed by atoms with van der Waals surface area (Å²) in [6.45, 7) is 8.63. The van der Waals surface area contributed by atoms with Gasteiger partial charge in [0.25, 0.3) is 0 Å². The van der Waals surface area contributed by atoms with Crippen molar-refractivity contribution in [1.82, 2.24) is 10.2 Å². The van der Waals surface area contributed by atoms with Gasteiger partial charge in [-0.1, -0.05) is 20.8 Å². The molecule has 4 unspecified atom stereocenters. The van der Waals surface area contributed by atoms with Crippen LogP contribution in [0.25, 0.3) is 0 Å². The molecule has 0 spiro atoms. The predicted octanol–water partition coefficient (Wildman–Crippen LogP) is 1.32. The van der Waals surface area contributed by atoms with Crippen LogP contribution in [0.2, 0.25) is 0 Å². The van der Waals surface area contributed by atoms with Gasteiger partial charge < -0.3 is 15.0 Å². The van der Waals surface area contributed by atoms with Gasteiger partial charge in [-0.25, -0.2) is 0 Å². The van der Waals surface area contributed by atoms with Crippen LogP contribution < -0.4 is 5.32 Å². The topological polar surface area (TPSA) is 58.6 Å². The number of rotatable bonds is 3. The highest BCUT2D eigenvalue weighted by atomic mass is 16.5. The fourth-order valence-corrected chi connectivity index (χ4v) is 3.30. The molecule has 2 rings (SSSR count). The second-order valence-corrected chi connectivity index (χ2v) is 6.26. The lowest BCUT2D eigenvalue weighted by molar-refractivity contribution is -0.157. The van der Waals surface area contributed by atoms with Gasteiger partial charge in [-0.3, -0.25) is 9.59 Å². The standard InChI is InChI=1S/C15H26N2O3/c1-5-12-15(19)17(11-6-7-20-10(4)8-11)13(9(2)3)14(18)16-12/h9-13H,5-8H2,1-4H3,(H,16,18). The van der Waals surface area contributed by atoms with E-state index in [0.29, 0.717) is 13.0 Å². The Labute approximate surface area is 121 Å². The Morgan fingerprint density at radius 3 is 2.65 bits per heavy atom. The zero-order valence-electron chi connectivity index (χ0n) is 12.9. The van der Waals surface area contributed by atoms with E-state index in [0.717, 1.165) is 12.8 Å². The summed E-state index contributed by atoms with van der Waals surface area (Å²) in [6, 6.07) is -0.588. The number of piperazine rings is 1. The van der Waals surface area contributed by atoms with Gasteiger partial charge in [-0.2, -0.15) is 0 Å². The van der Waals surface area contributed by atoms with E-state index in [1.54, 1.807) is 0 Å². The van der Waals surface area contributed by atoms with Crippen LogP contribution in [0.5, 0.6) is 0 Å². The van der Waals surface area contributed by atoms with Crippen molar-refractivity contribution < 1.29 is 14.3 Å². The van der Waals surface area contributed by atoms with Crippen LogP contribution in [0, 0.1) is 5.92 Å². The third kappa shape index (κ3) is 2.82. The molecule has 2 heterocycles. The highest BCUT2D eigenvalue weighted by Crippen LogP contribution is 2.27. The zero-order valence-corrected chi connectivity index (χ0v) is 12.9. The van der Waals surface area contributed by atoms with Crippen molar-refractivity contribution in [2.24, 2.45) is 5.92 Å². The minimum absolute atomic E-state index is 0.00871. The molecule has 114 valence electrons. The van der Waals surface area contributed by atoms with Crippen LogP contribution in [-0.4, -0.2) is 47.6 Å². The summed E-state index contributed by atoms with van der Waals surface area (Å²) >= 11 is 0. The van der Waals surface area contributed by atoms with Crippen LogP contribution in [0.1, 0.15) is 47.0 Å². The van der Waals surface area contributed by atoms with E-state index in [1.165, 1.54) is 0 Å². The summed E-state index contributed by atoms with van der Waals surface area (Å²) in [5.41, 5.74) is 0. The Kier molecular flexibility index (Phi) is 4.68. The Morgan fingerprint density at radius 2 is 2.10 bits per heavy atom. The molecule has 2 aliphatic heterocycles. The molecule has 5 heteroatoms. The summed E-state index contributed by atoms with van der Waals surface area (Å²) in [5, 5.41) is 2.87. The molecular formula is C15H26N2O3. The van der Waals surface area contributed by atoms with Crippen molar-refractivity contribution in [2.75, 3.05) is 6.61 Å². The van der Waals surface area contributed by atoms with E-state index in [2.05, 4.69) is 5.32 Å². The number of hydrogen-bond acceptors (Lipinski definition) is 3. The van der Waals surface area contributed by atoms with E-state index < -0.39 is 0 Å². The molecule has 0 aromatic heterocycles. The first-order valence-electron chi connectivity index (χ1n) is 7.69. The van der Waals surface area contributed by atoms with Crippen molar-refractivity contribution in [2.45, 2.75) is 71.2 Å². The minimum Gasteiger partial charge on any atom is -0.378 e. The third-order valence-corrected chi connectivity index (χ3v) is 4.33. The monoisotopic (exact) mass is 282 g/mol. The van der Waals surface area contributed by atoms with E-state index in [9.17, 15) is 9.59 Å². The number of nitrogens with zero attached hydrogens (tertiary/aromatic N) is 1. The summed E-state index contributed by atoms with van der Waals surface area (Å²) in [6.07, 6.45) is 2.44. The van der Waals surface area contributed by atoms with Gasteiger partial charge in [0.15, 0.2) is 0 Å². The Hall–Kier alpha value is -1.10. The smallest absolute Gasteiger partial charge is 0.246 e. The molecule has 2 saturated heterocycles. The number of nitrogens with one attached hydrogen (secondary N) is 1. The van der Waals surface area contributed by atoms with Crippen molar-refractivity contribution in [1.29, 1.82) is 0 Å². The first-order valence-corrected chi connectivity index (χ1v) is 7.69. The van der Waals surface area contributed by atoms with Gasteiger partial charge in [0.05, 0.1) is 6.10 Å². The number of ether oxygens (including phenoxy) is 1. The minimum atomic E-state index is -0.365. The molecule has 0 aromatic rings. The summed E-state index contributed by atoms with van der Waals surface area (Å²) in [4.78, 5) is 26.9. The Morgan fingerprint density at radius 1 is 1.40 bits per heavy atom. The first-order chi connectivity index (χ1) is 9.45. The van der Waals surface area contributed by atoms with E-state index in [1.807, 2.05) is 32.6 Å². The Bertz CT molecular complexity index is 383. The van der Waals surface area contributed by atoms with Gasteiger partial charge in [-0.15, -0.1) is 0 Å². The molecule has 0 aromatic carbocycles. The van der Waals surface area contributed by atoms with Gasteiger partial charge in [0, 0.05) is 12.6 Å². The molecule has 20 heavy (non-hydrogen) atoms. The van der Waals surface area contributed by atoms with E-state index in [4.69, 9.17) is 4.74 Å². The number of carbonyl (C=O) groups is 2. The van der Waals surface area contributed by atoms with Gasteiger partial charge >= 0.3 is 0 Å². The molecular weight excluding hydrogens is 256 g/mol. The van der Waals surface area contributed by atoms with Crippen molar-refractivity contribution in [3.05, 3.63) is 0 Å². The maximum Gasteiger partial charge on any atom is 0.246 e. The zero-order chi connectivity index (χ0) is 14.9.